The highest BCUT2D eigenvalue weighted by atomic mass is 35.5. The maximum Gasteiger partial charge on any atom is 0.254 e. The average Bonchev–Trinajstić information content (AvgIpc) is 3.09. The zero-order valence-corrected chi connectivity index (χ0v) is 15.5. The van der Waals surface area contributed by atoms with Gasteiger partial charge in [-0.1, -0.05) is 48.4 Å². The molecule has 26 heavy (non-hydrogen) atoms. The number of rotatable bonds is 6. The first-order valence-electron chi connectivity index (χ1n) is 8.51. The molecule has 0 unspecified atom stereocenters. The van der Waals surface area contributed by atoms with E-state index in [1.165, 1.54) is 0 Å². The number of carbonyl (C=O) groups is 1. The summed E-state index contributed by atoms with van der Waals surface area (Å²) in [6, 6.07) is 14.8. The van der Waals surface area contributed by atoms with Crippen LogP contribution in [0.4, 0.5) is 0 Å². The van der Waals surface area contributed by atoms with E-state index in [2.05, 4.69) is 10.2 Å². The van der Waals surface area contributed by atoms with Crippen LogP contribution in [0.5, 0.6) is 0 Å². The minimum Gasteiger partial charge on any atom is -0.419 e. The zero-order chi connectivity index (χ0) is 18.5. The van der Waals surface area contributed by atoms with E-state index in [-0.39, 0.29) is 12.5 Å². The summed E-state index contributed by atoms with van der Waals surface area (Å²) in [6.07, 6.45) is 0.836. The van der Waals surface area contributed by atoms with Crippen molar-refractivity contribution in [3.8, 4) is 11.5 Å². The third-order valence-corrected chi connectivity index (χ3v) is 4.27. The van der Waals surface area contributed by atoms with Crippen LogP contribution in [-0.4, -0.2) is 27.5 Å². The van der Waals surface area contributed by atoms with Gasteiger partial charge < -0.3 is 9.32 Å². The first kappa shape index (κ1) is 18.1. The van der Waals surface area contributed by atoms with Gasteiger partial charge in [-0.2, -0.15) is 0 Å². The van der Waals surface area contributed by atoms with E-state index in [9.17, 15) is 4.79 Å². The lowest BCUT2D eigenvalue weighted by molar-refractivity contribution is 0.0728. The van der Waals surface area contributed by atoms with Crippen molar-refractivity contribution < 1.29 is 9.21 Å². The topological polar surface area (TPSA) is 59.2 Å². The van der Waals surface area contributed by atoms with Gasteiger partial charge in [0, 0.05) is 12.1 Å². The quantitative estimate of drug-likeness (QED) is 0.629. The van der Waals surface area contributed by atoms with Gasteiger partial charge in [-0.3, -0.25) is 4.79 Å². The molecule has 0 fully saturated rings. The van der Waals surface area contributed by atoms with Gasteiger partial charge in [0.05, 0.1) is 17.1 Å². The summed E-state index contributed by atoms with van der Waals surface area (Å²) in [5, 5.41) is 8.69. The highest BCUT2D eigenvalue weighted by Gasteiger charge is 2.19. The second kappa shape index (κ2) is 8.15. The van der Waals surface area contributed by atoms with Crippen LogP contribution in [0.2, 0.25) is 5.02 Å². The van der Waals surface area contributed by atoms with Crippen LogP contribution in [0, 0.1) is 6.92 Å². The second-order valence-electron chi connectivity index (χ2n) is 6.08. The Morgan fingerprint density at radius 1 is 1.15 bits per heavy atom. The lowest BCUT2D eigenvalue weighted by Crippen LogP contribution is -2.31. The molecule has 0 aliphatic heterocycles. The Labute approximate surface area is 157 Å². The van der Waals surface area contributed by atoms with Crippen molar-refractivity contribution in [1.29, 1.82) is 0 Å². The third kappa shape index (κ3) is 4.11. The van der Waals surface area contributed by atoms with Gasteiger partial charge in [0.1, 0.15) is 0 Å². The predicted octanol–water partition coefficient (Wildman–Crippen LogP) is 4.75. The summed E-state index contributed by atoms with van der Waals surface area (Å²) >= 11 is 6.18. The molecular formula is C20H20ClN3O2. The monoisotopic (exact) mass is 369 g/mol. The number of hydrogen-bond acceptors (Lipinski definition) is 4. The molecular weight excluding hydrogens is 350 g/mol. The number of amides is 1. The minimum atomic E-state index is -0.0481. The highest BCUT2D eigenvalue weighted by Crippen LogP contribution is 2.26. The lowest BCUT2D eigenvalue weighted by atomic mass is 10.1. The van der Waals surface area contributed by atoms with Crippen molar-refractivity contribution >= 4 is 17.5 Å². The number of halogens is 1. The molecule has 0 atom stereocenters. The Kier molecular flexibility index (Phi) is 5.68. The van der Waals surface area contributed by atoms with E-state index in [1.54, 1.807) is 11.0 Å². The SMILES string of the molecule is CCCN(Cc1nnc(-c2ccccc2Cl)o1)C(=O)c1cccc(C)c1. The summed E-state index contributed by atoms with van der Waals surface area (Å²) < 4.78 is 5.74. The number of aromatic nitrogens is 2. The summed E-state index contributed by atoms with van der Waals surface area (Å²) in [7, 11) is 0. The standard InChI is InChI=1S/C20H20ClN3O2/c1-3-11-24(20(25)15-8-6-7-14(2)12-15)13-18-22-23-19(26-18)16-9-4-5-10-17(16)21/h4-10,12H,3,11,13H2,1-2H3. The number of benzene rings is 2. The normalized spacial score (nSPS) is 10.7. The molecule has 1 amide bonds. The third-order valence-electron chi connectivity index (χ3n) is 3.94. The fraction of sp³-hybridized carbons (Fsp3) is 0.250. The van der Waals surface area contributed by atoms with E-state index in [0.29, 0.717) is 34.5 Å². The van der Waals surface area contributed by atoms with Gasteiger partial charge in [0.25, 0.3) is 5.91 Å². The molecule has 5 nitrogen and oxygen atoms in total. The largest absolute Gasteiger partial charge is 0.419 e. The van der Waals surface area contributed by atoms with E-state index >= 15 is 0 Å². The molecule has 0 aliphatic rings. The molecule has 3 rings (SSSR count). The maximum absolute atomic E-state index is 12.8. The molecule has 1 aromatic heterocycles. The molecule has 0 spiro atoms. The van der Waals surface area contributed by atoms with Gasteiger partial charge in [0.2, 0.25) is 11.8 Å². The van der Waals surface area contributed by atoms with Crippen molar-refractivity contribution in [3.63, 3.8) is 0 Å². The van der Waals surface area contributed by atoms with E-state index in [1.807, 2.05) is 56.3 Å². The molecule has 0 bridgehead atoms. The second-order valence-corrected chi connectivity index (χ2v) is 6.48. The van der Waals surface area contributed by atoms with Crippen LogP contribution in [-0.2, 0) is 6.54 Å². The zero-order valence-electron chi connectivity index (χ0n) is 14.8. The Bertz CT molecular complexity index is 907. The first-order valence-corrected chi connectivity index (χ1v) is 8.89. The number of nitrogens with zero attached hydrogens (tertiary/aromatic N) is 3. The van der Waals surface area contributed by atoms with Crippen molar-refractivity contribution in [2.75, 3.05) is 6.54 Å². The van der Waals surface area contributed by atoms with E-state index in [4.69, 9.17) is 16.0 Å². The van der Waals surface area contributed by atoms with Crippen molar-refractivity contribution in [3.05, 3.63) is 70.6 Å². The lowest BCUT2D eigenvalue weighted by Gasteiger charge is -2.20. The number of aryl methyl sites for hydroxylation is 1. The van der Waals surface area contributed by atoms with E-state index in [0.717, 1.165) is 12.0 Å². The van der Waals surface area contributed by atoms with Crippen LogP contribution in [0.15, 0.2) is 52.9 Å². The van der Waals surface area contributed by atoms with Crippen LogP contribution >= 0.6 is 11.6 Å². The average molecular weight is 370 g/mol. The van der Waals surface area contributed by atoms with Gasteiger partial charge in [-0.05, 0) is 37.6 Å². The van der Waals surface area contributed by atoms with Crippen molar-refractivity contribution in [2.45, 2.75) is 26.8 Å². The van der Waals surface area contributed by atoms with Gasteiger partial charge in [0.15, 0.2) is 0 Å². The Morgan fingerprint density at radius 2 is 1.96 bits per heavy atom. The van der Waals surface area contributed by atoms with Gasteiger partial charge in [-0.15, -0.1) is 10.2 Å². The van der Waals surface area contributed by atoms with Gasteiger partial charge >= 0.3 is 0 Å². The van der Waals surface area contributed by atoms with Crippen molar-refractivity contribution in [2.24, 2.45) is 0 Å². The molecule has 0 saturated heterocycles. The number of carbonyl (C=O) groups excluding carboxylic acids is 1. The fourth-order valence-electron chi connectivity index (χ4n) is 2.71. The molecule has 0 N–H and O–H groups in total. The molecule has 0 aliphatic carbocycles. The Balaban J connectivity index is 1.81. The predicted molar refractivity (Wildman–Crippen MR) is 101 cm³/mol. The highest BCUT2D eigenvalue weighted by molar-refractivity contribution is 6.33. The van der Waals surface area contributed by atoms with E-state index < -0.39 is 0 Å². The molecule has 1 heterocycles. The summed E-state index contributed by atoms with van der Waals surface area (Å²) in [5.74, 6) is 0.687. The van der Waals surface area contributed by atoms with Crippen LogP contribution in [0.1, 0.15) is 35.2 Å². The van der Waals surface area contributed by atoms with Crippen molar-refractivity contribution in [1.82, 2.24) is 15.1 Å². The maximum atomic E-state index is 12.8. The minimum absolute atomic E-state index is 0.0481. The molecule has 0 saturated carbocycles. The molecule has 6 heteroatoms. The summed E-state index contributed by atoms with van der Waals surface area (Å²) in [4.78, 5) is 14.6. The van der Waals surface area contributed by atoms with Crippen LogP contribution in [0.3, 0.4) is 0 Å². The van der Waals surface area contributed by atoms with Crippen LogP contribution in [0.25, 0.3) is 11.5 Å². The first-order chi connectivity index (χ1) is 12.6. The summed E-state index contributed by atoms with van der Waals surface area (Å²) in [6.45, 7) is 4.86. The van der Waals surface area contributed by atoms with Crippen LogP contribution < -0.4 is 0 Å². The van der Waals surface area contributed by atoms with Gasteiger partial charge in [-0.25, -0.2) is 0 Å². The molecule has 3 aromatic rings. The Morgan fingerprint density at radius 3 is 2.69 bits per heavy atom. The molecule has 134 valence electrons. The Hall–Kier alpha value is -2.66. The number of hydrogen-bond donors (Lipinski definition) is 0. The fourth-order valence-corrected chi connectivity index (χ4v) is 2.92. The smallest absolute Gasteiger partial charge is 0.254 e. The summed E-state index contributed by atoms with van der Waals surface area (Å²) in [5.41, 5.74) is 2.38. The molecule has 2 aromatic carbocycles. The molecule has 0 radical (unpaired) electrons.